The van der Waals surface area contributed by atoms with Gasteiger partial charge in [0, 0.05) is 10.4 Å². The highest BCUT2D eigenvalue weighted by Gasteiger charge is 2.31. The number of nitrogens with two attached hydrogens (primary N) is 1. The van der Waals surface area contributed by atoms with Crippen LogP contribution in [-0.4, -0.2) is 17.1 Å². The van der Waals surface area contributed by atoms with Gasteiger partial charge < -0.3 is 10.8 Å². The molecule has 0 heterocycles. The molecule has 88 valence electrons. The van der Waals surface area contributed by atoms with Crippen molar-refractivity contribution in [1.82, 2.24) is 0 Å². The molecule has 0 bridgehead atoms. The Morgan fingerprint density at radius 2 is 2.25 bits per heavy atom. The molecule has 0 aliphatic heterocycles. The molecule has 16 heavy (non-hydrogen) atoms. The monoisotopic (exact) mass is 305 g/mol. The second-order valence-electron chi connectivity index (χ2n) is 3.85. The van der Waals surface area contributed by atoms with E-state index in [1.54, 1.807) is 0 Å². The van der Waals surface area contributed by atoms with E-state index in [0.717, 1.165) is 22.9 Å². The van der Waals surface area contributed by atoms with Crippen molar-refractivity contribution in [3.63, 3.8) is 0 Å². The highest BCUT2D eigenvalue weighted by Crippen LogP contribution is 2.36. The minimum atomic E-state index is -0.921. The van der Waals surface area contributed by atoms with E-state index in [2.05, 4.69) is 15.9 Å². The number of benzene rings is 1. The Balaban J connectivity index is 0.00000128. The summed E-state index contributed by atoms with van der Waals surface area (Å²) in [7, 11) is 0. The summed E-state index contributed by atoms with van der Waals surface area (Å²) in [5, 5.41) is 8.89. The van der Waals surface area contributed by atoms with E-state index in [1.807, 2.05) is 18.2 Å². The van der Waals surface area contributed by atoms with Crippen LogP contribution >= 0.6 is 28.3 Å². The number of fused-ring (bicyclic) bond motifs is 1. The molecule has 0 saturated heterocycles. The Labute approximate surface area is 109 Å². The van der Waals surface area contributed by atoms with Crippen LogP contribution in [0, 0.1) is 0 Å². The third kappa shape index (κ3) is 2.39. The highest BCUT2D eigenvalue weighted by atomic mass is 79.9. The van der Waals surface area contributed by atoms with Crippen LogP contribution in [0.2, 0.25) is 0 Å². The van der Waals surface area contributed by atoms with Crippen molar-refractivity contribution in [2.45, 2.75) is 24.8 Å². The zero-order valence-electron chi connectivity index (χ0n) is 8.52. The molecule has 0 saturated carbocycles. The third-order valence-corrected chi connectivity index (χ3v) is 3.44. The minimum Gasteiger partial charge on any atom is -0.480 e. The highest BCUT2D eigenvalue weighted by molar-refractivity contribution is 9.10. The van der Waals surface area contributed by atoms with Gasteiger partial charge >= 0.3 is 5.97 Å². The second kappa shape index (κ2) is 5.17. The van der Waals surface area contributed by atoms with Gasteiger partial charge in [0.2, 0.25) is 0 Å². The summed E-state index contributed by atoms with van der Waals surface area (Å²) in [4.78, 5) is 10.8. The van der Waals surface area contributed by atoms with Crippen LogP contribution in [0.15, 0.2) is 22.7 Å². The van der Waals surface area contributed by atoms with Gasteiger partial charge in [0.05, 0.1) is 0 Å². The molecule has 3 N–H and O–H groups in total. The number of hydrogen-bond donors (Lipinski definition) is 2. The molecule has 1 aromatic carbocycles. The van der Waals surface area contributed by atoms with Gasteiger partial charge in [0.25, 0.3) is 0 Å². The van der Waals surface area contributed by atoms with Gasteiger partial charge in [-0.2, -0.15) is 0 Å². The van der Waals surface area contributed by atoms with Gasteiger partial charge in [-0.15, -0.1) is 12.4 Å². The molecule has 0 fully saturated rings. The second-order valence-corrected chi connectivity index (χ2v) is 4.77. The minimum absolute atomic E-state index is 0. The first-order valence-electron chi connectivity index (χ1n) is 4.86. The predicted octanol–water partition coefficient (Wildman–Crippen LogP) is 2.31. The smallest absolute Gasteiger partial charge is 0.321 e. The molecule has 0 radical (unpaired) electrons. The fraction of sp³-hybridized carbons (Fsp3) is 0.364. The Bertz CT molecular complexity index is 411. The Kier molecular flexibility index (Phi) is 4.35. The molecular formula is C11H13BrClNO2. The number of halogens is 2. The molecule has 0 aromatic heterocycles. The van der Waals surface area contributed by atoms with E-state index in [0.29, 0.717) is 0 Å². The molecule has 0 unspecified atom stereocenters. The number of aliphatic carboxylic acids is 1. The van der Waals surface area contributed by atoms with Crippen molar-refractivity contribution in [1.29, 1.82) is 0 Å². The van der Waals surface area contributed by atoms with Gasteiger partial charge in [-0.3, -0.25) is 4.79 Å². The van der Waals surface area contributed by atoms with E-state index < -0.39 is 12.0 Å². The molecule has 0 spiro atoms. The molecule has 1 aliphatic rings. The van der Waals surface area contributed by atoms with Gasteiger partial charge in [-0.05, 0) is 36.1 Å². The van der Waals surface area contributed by atoms with Gasteiger partial charge in [0.1, 0.15) is 6.04 Å². The topological polar surface area (TPSA) is 63.3 Å². The number of rotatable bonds is 2. The normalized spacial score (nSPS) is 19.8. The lowest BCUT2D eigenvalue weighted by Gasteiger charge is -2.15. The van der Waals surface area contributed by atoms with Crippen LogP contribution in [0.25, 0.3) is 0 Å². The molecule has 3 nitrogen and oxygen atoms in total. The summed E-state index contributed by atoms with van der Waals surface area (Å²) < 4.78 is 1.03. The summed E-state index contributed by atoms with van der Waals surface area (Å²) in [5.41, 5.74) is 7.97. The van der Waals surface area contributed by atoms with Crippen molar-refractivity contribution in [2.24, 2.45) is 5.73 Å². The lowest BCUT2D eigenvalue weighted by Crippen LogP contribution is -2.35. The Morgan fingerprint density at radius 1 is 1.56 bits per heavy atom. The van der Waals surface area contributed by atoms with Crippen LogP contribution in [0.1, 0.15) is 23.5 Å². The van der Waals surface area contributed by atoms with Gasteiger partial charge in [-0.25, -0.2) is 0 Å². The number of carbonyl (C=O) groups is 1. The quantitative estimate of drug-likeness (QED) is 0.881. The van der Waals surface area contributed by atoms with E-state index in [-0.39, 0.29) is 18.3 Å². The molecule has 0 amide bonds. The molecule has 1 aromatic rings. The number of aryl methyl sites for hydroxylation is 1. The average molecular weight is 307 g/mol. The molecule has 5 heteroatoms. The van der Waals surface area contributed by atoms with Crippen LogP contribution in [0.3, 0.4) is 0 Å². The molecule has 2 atom stereocenters. The van der Waals surface area contributed by atoms with E-state index in [9.17, 15) is 4.79 Å². The fourth-order valence-corrected chi connectivity index (χ4v) is 2.57. The van der Waals surface area contributed by atoms with Crippen molar-refractivity contribution in [3.8, 4) is 0 Å². The van der Waals surface area contributed by atoms with Crippen molar-refractivity contribution < 1.29 is 9.90 Å². The first-order chi connectivity index (χ1) is 7.09. The maximum Gasteiger partial charge on any atom is 0.321 e. The van der Waals surface area contributed by atoms with E-state index in [1.165, 1.54) is 5.56 Å². The Morgan fingerprint density at radius 3 is 2.88 bits per heavy atom. The number of carboxylic acid groups (broad SMARTS) is 1. The number of hydrogen-bond acceptors (Lipinski definition) is 2. The average Bonchev–Trinajstić information content (AvgIpc) is 2.59. The maximum atomic E-state index is 10.8. The Hall–Kier alpha value is -0.580. The van der Waals surface area contributed by atoms with Crippen molar-refractivity contribution >= 4 is 34.3 Å². The largest absolute Gasteiger partial charge is 0.480 e. The van der Waals surface area contributed by atoms with Crippen LogP contribution in [0.5, 0.6) is 0 Å². The zero-order chi connectivity index (χ0) is 11.0. The van der Waals surface area contributed by atoms with Crippen molar-refractivity contribution in [2.75, 3.05) is 0 Å². The zero-order valence-corrected chi connectivity index (χ0v) is 10.9. The molecule has 1 aliphatic carbocycles. The summed E-state index contributed by atoms with van der Waals surface area (Å²) in [5.74, 6) is -0.957. The fourth-order valence-electron chi connectivity index (χ4n) is 2.16. The van der Waals surface area contributed by atoms with Crippen LogP contribution < -0.4 is 5.73 Å². The summed E-state index contributed by atoms with van der Waals surface area (Å²) in [6.07, 6.45) is 1.75. The summed E-state index contributed by atoms with van der Waals surface area (Å²) in [6.45, 7) is 0. The van der Waals surface area contributed by atoms with Gasteiger partial charge in [-0.1, -0.05) is 22.0 Å². The van der Waals surface area contributed by atoms with E-state index >= 15 is 0 Å². The number of carboxylic acids is 1. The summed E-state index contributed by atoms with van der Waals surface area (Å²) >= 11 is 3.40. The maximum absolute atomic E-state index is 10.8. The molecular weight excluding hydrogens is 293 g/mol. The van der Waals surface area contributed by atoms with E-state index in [4.69, 9.17) is 10.8 Å². The SMILES string of the molecule is Cl.N[C@H](C(=O)O)[C@H]1CCc2cc(Br)ccc21. The summed E-state index contributed by atoms with van der Waals surface area (Å²) in [6, 6.07) is 5.17. The standard InChI is InChI=1S/C11H12BrNO2.ClH/c12-7-2-4-8-6(5-7)1-3-9(8)10(13)11(14)15;/h2,4-5,9-10H,1,3,13H2,(H,14,15);1H/t9-,10-;/m0./s1. The van der Waals surface area contributed by atoms with Crippen LogP contribution in [-0.2, 0) is 11.2 Å². The lowest BCUT2D eigenvalue weighted by atomic mass is 9.94. The molecule has 2 rings (SSSR count). The van der Waals surface area contributed by atoms with Crippen molar-refractivity contribution in [3.05, 3.63) is 33.8 Å². The lowest BCUT2D eigenvalue weighted by molar-refractivity contribution is -0.139. The third-order valence-electron chi connectivity index (χ3n) is 2.95. The predicted molar refractivity (Wildman–Crippen MR) is 68.1 cm³/mol. The van der Waals surface area contributed by atoms with Gasteiger partial charge in [0.15, 0.2) is 0 Å². The first-order valence-corrected chi connectivity index (χ1v) is 5.65. The van der Waals surface area contributed by atoms with Crippen LogP contribution in [0.4, 0.5) is 0 Å². The first kappa shape index (κ1) is 13.5.